The first-order valence-electron chi connectivity index (χ1n) is 8.82. The number of rotatable bonds is 3. The molecule has 28 heavy (non-hydrogen) atoms. The van der Waals surface area contributed by atoms with Crippen LogP contribution in [-0.4, -0.2) is 37.0 Å². The minimum Gasteiger partial charge on any atom is -0.395 e. The highest BCUT2D eigenvalue weighted by molar-refractivity contribution is 8.00. The summed E-state index contributed by atoms with van der Waals surface area (Å²) >= 11 is 14.2. The van der Waals surface area contributed by atoms with Gasteiger partial charge in [0.05, 0.1) is 16.7 Å². The zero-order valence-electron chi connectivity index (χ0n) is 15.1. The van der Waals surface area contributed by atoms with Crippen LogP contribution in [-0.2, 0) is 13.0 Å². The van der Waals surface area contributed by atoms with E-state index >= 15 is 0 Å². The van der Waals surface area contributed by atoms with Crippen molar-refractivity contribution in [1.29, 1.82) is 0 Å². The summed E-state index contributed by atoms with van der Waals surface area (Å²) in [5.74, 6) is 1.97. The van der Waals surface area contributed by atoms with Gasteiger partial charge in [0.15, 0.2) is 5.82 Å². The zero-order valence-corrected chi connectivity index (χ0v) is 17.5. The molecule has 0 radical (unpaired) electrons. The van der Waals surface area contributed by atoms with Crippen molar-refractivity contribution in [3.63, 3.8) is 0 Å². The van der Waals surface area contributed by atoms with Crippen molar-refractivity contribution in [2.24, 2.45) is 0 Å². The minimum absolute atomic E-state index is 0.0740. The summed E-state index contributed by atoms with van der Waals surface area (Å²) in [6.07, 6.45) is 0.644. The van der Waals surface area contributed by atoms with E-state index in [0.29, 0.717) is 17.3 Å². The third-order valence-electron chi connectivity index (χ3n) is 4.92. The number of nitrogens with zero attached hydrogens (tertiary/aromatic N) is 3. The molecule has 0 amide bonds. The van der Waals surface area contributed by atoms with Gasteiger partial charge in [-0.25, -0.2) is 4.39 Å². The summed E-state index contributed by atoms with van der Waals surface area (Å²) in [5, 5.41) is 19.0. The van der Waals surface area contributed by atoms with Crippen LogP contribution in [0.2, 0.25) is 10.0 Å². The highest BCUT2D eigenvalue weighted by Gasteiger charge is 2.31. The molecule has 0 fully saturated rings. The Kier molecular flexibility index (Phi) is 5.40. The molecule has 0 saturated heterocycles. The second-order valence-electron chi connectivity index (χ2n) is 7.05. The summed E-state index contributed by atoms with van der Waals surface area (Å²) < 4.78 is 15.2. The van der Waals surface area contributed by atoms with E-state index in [1.807, 2.05) is 25.1 Å². The molecule has 1 aliphatic rings. The Labute approximate surface area is 176 Å². The van der Waals surface area contributed by atoms with E-state index in [1.54, 1.807) is 23.9 Å². The maximum Gasteiger partial charge on any atom is 0.165 e. The van der Waals surface area contributed by atoms with E-state index in [1.165, 1.54) is 6.07 Å². The molecule has 4 rings (SSSR count). The Bertz CT molecular complexity index is 1040. The molecule has 2 aromatic carbocycles. The minimum atomic E-state index is -0.452. The summed E-state index contributed by atoms with van der Waals surface area (Å²) in [7, 11) is 0. The lowest BCUT2D eigenvalue weighted by Crippen LogP contribution is -2.28. The highest BCUT2D eigenvalue weighted by atomic mass is 35.5. The van der Waals surface area contributed by atoms with Crippen LogP contribution < -0.4 is 0 Å². The molecular formula is C20H18Cl2FN3OS. The van der Waals surface area contributed by atoms with Crippen LogP contribution in [0.4, 0.5) is 4.39 Å². The van der Waals surface area contributed by atoms with Crippen LogP contribution in [0.15, 0.2) is 36.4 Å². The summed E-state index contributed by atoms with van der Waals surface area (Å²) in [6, 6.07) is 10.2. The molecule has 3 aromatic rings. The second-order valence-corrected chi connectivity index (χ2v) is 9.55. The first-order valence-corrected chi connectivity index (χ1v) is 10.6. The van der Waals surface area contributed by atoms with Gasteiger partial charge in [0.1, 0.15) is 11.6 Å². The fraction of sp³-hybridized carbons (Fsp3) is 0.300. The smallest absolute Gasteiger partial charge is 0.165 e. The lowest BCUT2D eigenvalue weighted by molar-refractivity contribution is 0.254. The fourth-order valence-electron chi connectivity index (χ4n) is 3.32. The number of aromatic nitrogens is 3. The monoisotopic (exact) mass is 437 g/mol. The number of aliphatic hydroxyl groups is 1. The molecule has 2 heterocycles. The van der Waals surface area contributed by atoms with Gasteiger partial charge in [-0.05, 0) is 42.3 Å². The molecule has 1 aromatic heterocycles. The van der Waals surface area contributed by atoms with Gasteiger partial charge in [0.2, 0.25) is 0 Å². The molecule has 4 nitrogen and oxygen atoms in total. The van der Waals surface area contributed by atoms with E-state index in [9.17, 15) is 9.50 Å². The summed E-state index contributed by atoms with van der Waals surface area (Å²) in [4.78, 5) is 0. The molecule has 1 aliphatic heterocycles. The van der Waals surface area contributed by atoms with Gasteiger partial charge >= 0.3 is 0 Å². The molecule has 0 bridgehead atoms. The van der Waals surface area contributed by atoms with Crippen molar-refractivity contribution in [1.82, 2.24) is 14.8 Å². The lowest BCUT2D eigenvalue weighted by Gasteiger charge is -2.23. The van der Waals surface area contributed by atoms with Crippen LogP contribution in [0.1, 0.15) is 12.7 Å². The topological polar surface area (TPSA) is 50.9 Å². The molecule has 0 aliphatic carbocycles. The van der Waals surface area contributed by atoms with Gasteiger partial charge in [0.25, 0.3) is 0 Å². The number of hydrogen-bond acceptors (Lipinski definition) is 4. The standard InChI is InChI=1S/C20H18Cl2FN3OS/c1-20(11-27)10-18-24-25-19(26(18)6-7-28-20)14-4-2-12(8-15(14)21)13-3-5-17(23)16(22)9-13/h2-5,8-9,27H,6-7,10-11H2,1H3. The Morgan fingerprint density at radius 2 is 1.86 bits per heavy atom. The maximum atomic E-state index is 13.4. The van der Waals surface area contributed by atoms with Gasteiger partial charge in [-0.1, -0.05) is 35.3 Å². The number of aliphatic hydroxyl groups excluding tert-OH is 1. The Morgan fingerprint density at radius 1 is 1.14 bits per heavy atom. The molecule has 8 heteroatoms. The predicted octanol–water partition coefficient (Wildman–Crippen LogP) is 5.10. The molecular weight excluding hydrogens is 420 g/mol. The van der Waals surface area contributed by atoms with E-state index < -0.39 is 5.82 Å². The summed E-state index contributed by atoms with van der Waals surface area (Å²) in [5.41, 5.74) is 2.42. The van der Waals surface area contributed by atoms with Crippen molar-refractivity contribution < 1.29 is 9.50 Å². The third kappa shape index (κ3) is 3.66. The quantitative estimate of drug-likeness (QED) is 0.619. The van der Waals surface area contributed by atoms with Crippen molar-refractivity contribution in [3.8, 4) is 22.5 Å². The molecule has 0 saturated carbocycles. The Balaban J connectivity index is 1.71. The molecule has 0 spiro atoms. The van der Waals surface area contributed by atoms with Gasteiger partial charge < -0.3 is 9.67 Å². The van der Waals surface area contributed by atoms with Crippen molar-refractivity contribution in [3.05, 3.63) is 58.1 Å². The predicted molar refractivity (Wildman–Crippen MR) is 113 cm³/mol. The first kappa shape index (κ1) is 19.7. The van der Waals surface area contributed by atoms with Gasteiger partial charge in [-0.3, -0.25) is 0 Å². The van der Waals surface area contributed by atoms with Crippen molar-refractivity contribution >= 4 is 35.0 Å². The number of fused-ring (bicyclic) bond motifs is 1. The number of hydrogen-bond donors (Lipinski definition) is 1. The number of benzene rings is 2. The van der Waals surface area contributed by atoms with E-state index in [2.05, 4.69) is 14.8 Å². The number of halogens is 3. The maximum absolute atomic E-state index is 13.4. The van der Waals surface area contributed by atoms with E-state index in [4.69, 9.17) is 23.2 Å². The van der Waals surface area contributed by atoms with Crippen LogP contribution in [0.25, 0.3) is 22.5 Å². The first-order chi connectivity index (χ1) is 13.4. The highest BCUT2D eigenvalue weighted by Crippen LogP contribution is 2.36. The van der Waals surface area contributed by atoms with Crippen molar-refractivity contribution in [2.45, 2.75) is 24.6 Å². The van der Waals surface area contributed by atoms with Crippen LogP contribution in [0.3, 0.4) is 0 Å². The van der Waals surface area contributed by atoms with Crippen LogP contribution in [0, 0.1) is 5.82 Å². The SMILES string of the molecule is CC1(CO)Cc2nnc(-c3ccc(-c4ccc(F)c(Cl)c4)cc3Cl)n2CCS1. The average Bonchev–Trinajstić information content (AvgIpc) is 2.97. The number of thioether (sulfide) groups is 1. The largest absolute Gasteiger partial charge is 0.395 e. The van der Waals surface area contributed by atoms with Crippen molar-refractivity contribution in [2.75, 3.05) is 12.4 Å². The van der Waals surface area contributed by atoms with E-state index in [0.717, 1.165) is 34.8 Å². The van der Waals surface area contributed by atoms with Crippen LogP contribution >= 0.6 is 35.0 Å². The Morgan fingerprint density at radius 3 is 2.54 bits per heavy atom. The average molecular weight is 438 g/mol. The molecule has 1 N–H and O–H groups in total. The lowest BCUT2D eigenvalue weighted by atomic mass is 10.0. The van der Waals surface area contributed by atoms with Gasteiger partial charge in [-0.15, -0.1) is 10.2 Å². The van der Waals surface area contributed by atoms with Gasteiger partial charge in [-0.2, -0.15) is 11.8 Å². The second kappa shape index (κ2) is 7.67. The normalized spacial score (nSPS) is 19.3. The molecule has 1 unspecified atom stereocenters. The summed E-state index contributed by atoms with van der Waals surface area (Å²) in [6.45, 7) is 2.89. The fourth-order valence-corrected chi connectivity index (χ4v) is 4.86. The molecule has 1 atom stereocenters. The Hall–Kier alpha value is -1.60. The van der Waals surface area contributed by atoms with E-state index in [-0.39, 0.29) is 16.4 Å². The zero-order chi connectivity index (χ0) is 19.9. The third-order valence-corrected chi connectivity index (χ3v) is 6.88. The van der Waals surface area contributed by atoms with Gasteiger partial charge in [0, 0.05) is 29.0 Å². The van der Waals surface area contributed by atoms with Crippen LogP contribution in [0.5, 0.6) is 0 Å². The molecule has 146 valence electrons.